The topological polar surface area (TPSA) is 84.5 Å². The summed E-state index contributed by atoms with van der Waals surface area (Å²) in [5, 5.41) is 2.70. The molecule has 2 aromatic carbocycles. The average Bonchev–Trinajstić information content (AvgIpc) is 3.16. The van der Waals surface area contributed by atoms with Crippen LogP contribution in [0.4, 0.5) is 14.5 Å². The van der Waals surface area contributed by atoms with Crippen molar-refractivity contribution < 1.29 is 26.7 Å². The summed E-state index contributed by atoms with van der Waals surface area (Å²) in [5.74, 6) is -2.29. The second kappa shape index (κ2) is 8.01. The molecule has 1 aliphatic rings. The summed E-state index contributed by atoms with van der Waals surface area (Å²) in [6, 6.07) is 7.86. The van der Waals surface area contributed by atoms with Gasteiger partial charge in [0.05, 0.1) is 16.7 Å². The third-order valence-electron chi connectivity index (χ3n) is 4.10. The van der Waals surface area contributed by atoms with Crippen LogP contribution in [0, 0.1) is 11.6 Å². The minimum Gasteiger partial charge on any atom is -0.376 e. The van der Waals surface area contributed by atoms with Crippen LogP contribution in [0.2, 0.25) is 0 Å². The number of benzene rings is 2. The minimum atomic E-state index is -4.15. The van der Waals surface area contributed by atoms with Crippen LogP contribution >= 0.6 is 0 Å². The van der Waals surface area contributed by atoms with Crippen molar-refractivity contribution in [3.8, 4) is 0 Å². The molecular weight excluding hydrogens is 378 g/mol. The van der Waals surface area contributed by atoms with Gasteiger partial charge in [-0.2, -0.15) is 0 Å². The summed E-state index contributed by atoms with van der Waals surface area (Å²) in [5.41, 5.74) is -0.236. The first-order valence-electron chi connectivity index (χ1n) is 8.33. The van der Waals surface area contributed by atoms with E-state index in [0.717, 1.165) is 25.0 Å². The van der Waals surface area contributed by atoms with Crippen molar-refractivity contribution in [2.24, 2.45) is 0 Å². The number of carbonyl (C=O) groups is 1. The molecule has 0 aliphatic carbocycles. The summed E-state index contributed by atoms with van der Waals surface area (Å²) >= 11 is 0. The van der Waals surface area contributed by atoms with Gasteiger partial charge < -0.3 is 10.1 Å². The molecule has 2 aromatic rings. The molecule has 6 nitrogen and oxygen atoms in total. The lowest BCUT2D eigenvalue weighted by molar-refractivity contribution is 0.0857. The number of hydrogen-bond donors (Lipinski definition) is 2. The quantitative estimate of drug-likeness (QED) is 0.786. The van der Waals surface area contributed by atoms with Gasteiger partial charge in [0.2, 0.25) is 0 Å². The molecular formula is C18H18F2N2O4S. The van der Waals surface area contributed by atoms with E-state index in [1.54, 1.807) is 0 Å². The van der Waals surface area contributed by atoms with Crippen LogP contribution in [0.25, 0.3) is 0 Å². The highest BCUT2D eigenvalue weighted by Gasteiger charge is 2.20. The number of hydrogen-bond acceptors (Lipinski definition) is 4. The lowest BCUT2D eigenvalue weighted by Crippen LogP contribution is -2.31. The molecule has 1 aliphatic heterocycles. The highest BCUT2D eigenvalue weighted by Crippen LogP contribution is 2.20. The smallest absolute Gasteiger partial charge is 0.262 e. The van der Waals surface area contributed by atoms with Gasteiger partial charge in [-0.05, 0) is 43.2 Å². The molecule has 0 spiro atoms. The van der Waals surface area contributed by atoms with Gasteiger partial charge in [-0.25, -0.2) is 17.2 Å². The zero-order valence-corrected chi connectivity index (χ0v) is 15.1. The van der Waals surface area contributed by atoms with E-state index in [1.165, 1.54) is 24.3 Å². The van der Waals surface area contributed by atoms with Gasteiger partial charge in [0.25, 0.3) is 15.9 Å². The normalized spacial score (nSPS) is 16.9. The van der Waals surface area contributed by atoms with Crippen molar-refractivity contribution in [1.29, 1.82) is 0 Å². The molecule has 1 saturated heterocycles. The first-order valence-corrected chi connectivity index (χ1v) is 9.81. The van der Waals surface area contributed by atoms with Crippen LogP contribution in [0.3, 0.4) is 0 Å². The van der Waals surface area contributed by atoms with Crippen molar-refractivity contribution in [2.75, 3.05) is 17.9 Å². The van der Waals surface area contributed by atoms with Crippen molar-refractivity contribution in [1.82, 2.24) is 5.32 Å². The van der Waals surface area contributed by atoms with E-state index >= 15 is 0 Å². The Labute approximate surface area is 155 Å². The first-order chi connectivity index (χ1) is 12.8. The maximum atomic E-state index is 13.7. The first kappa shape index (κ1) is 19.2. The van der Waals surface area contributed by atoms with E-state index in [-0.39, 0.29) is 22.3 Å². The van der Waals surface area contributed by atoms with Gasteiger partial charge in [-0.1, -0.05) is 6.07 Å². The highest BCUT2D eigenvalue weighted by atomic mass is 32.2. The SMILES string of the molecule is O=C(NCC1CCCO1)c1cccc(S(=O)(=O)Nc2ccc(F)cc2F)c1. The Morgan fingerprint density at radius 2 is 2.00 bits per heavy atom. The molecule has 1 amide bonds. The number of sulfonamides is 1. The number of halogens is 2. The predicted molar refractivity (Wildman–Crippen MR) is 94.9 cm³/mol. The van der Waals surface area contributed by atoms with E-state index in [4.69, 9.17) is 4.74 Å². The highest BCUT2D eigenvalue weighted by molar-refractivity contribution is 7.92. The molecule has 144 valence electrons. The van der Waals surface area contributed by atoms with Crippen LogP contribution in [0.5, 0.6) is 0 Å². The molecule has 2 N–H and O–H groups in total. The summed E-state index contributed by atoms with van der Waals surface area (Å²) in [6.07, 6.45) is 1.77. The number of amides is 1. The van der Waals surface area contributed by atoms with Crippen molar-refractivity contribution >= 4 is 21.6 Å². The molecule has 0 aromatic heterocycles. The second-order valence-corrected chi connectivity index (χ2v) is 7.78. The fraction of sp³-hybridized carbons (Fsp3) is 0.278. The Kier molecular flexibility index (Phi) is 5.71. The van der Waals surface area contributed by atoms with E-state index < -0.39 is 27.6 Å². The molecule has 1 unspecified atom stereocenters. The number of nitrogens with one attached hydrogen (secondary N) is 2. The van der Waals surface area contributed by atoms with Crippen LogP contribution in [-0.4, -0.2) is 33.6 Å². The zero-order chi connectivity index (χ0) is 19.4. The van der Waals surface area contributed by atoms with E-state index in [2.05, 4.69) is 10.0 Å². The van der Waals surface area contributed by atoms with Crippen molar-refractivity contribution in [3.63, 3.8) is 0 Å². The Morgan fingerprint density at radius 1 is 1.19 bits per heavy atom. The van der Waals surface area contributed by atoms with Crippen LogP contribution in [0.1, 0.15) is 23.2 Å². The largest absolute Gasteiger partial charge is 0.376 e. The molecule has 1 heterocycles. The van der Waals surface area contributed by atoms with Gasteiger partial charge in [0.1, 0.15) is 11.6 Å². The fourth-order valence-corrected chi connectivity index (χ4v) is 3.81. The van der Waals surface area contributed by atoms with E-state index in [0.29, 0.717) is 19.2 Å². The van der Waals surface area contributed by atoms with Crippen molar-refractivity contribution in [2.45, 2.75) is 23.8 Å². The van der Waals surface area contributed by atoms with Gasteiger partial charge in [0.15, 0.2) is 0 Å². The molecule has 0 saturated carbocycles. The third-order valence-corrected chi connectivity index (χ3v) is 5.46. The van der Waals surface area contributed by atoms with E-state index in [1.807, 2.05) is 0 Å². The third kappa shape index (κ3) is 4.81. The molecule has 1 atom stereocenters. The predicted octanol–water partition coefficient (Wildman–Crippen LogP) is 2.67. The Balaban J connectivity index is 1.73. The monoisotopic (exact) mass is 396 g/mol. The number of ether oxygens (including phenoxy) is 1. The summed E-state index contributed by atoms with van der Waals surface area (Å²) in [6.45, 7) is 1.01. The second-order valence-electron chi connectivity index (χ2n) is 6.10. The Morgan fingerprint density at radius 3 is 2.70 bits per heavy atom. The number of anilines is 1. The molecule has 3 rings (SSSR count). The summed E-state index contributed by atoms with van der Waals surface area (Å²) in [7, 11) is -4.15. The maximum Gasteiger partial charge on any atom is 0.262 e. The van der Waals surface area contributed by atoms with E-state index in [9.17, 15) is 22.0 Å². The summed E-state index contributed by atoms with van der Waals surface area (Å²) < 4.78 is 59.1. The van der Waals surface area contributed by atoms with Gasteiger partial charge in [-0.15, -0.1) is 0 Å². The van der Waals surface area contributed by atoms with Crippen LogP contribution in [-0.2, 0) is 14.8 Å². The Bertz CT molecular complexity index is 944. The van der Waals surface area contributed by atoms with Crippen LogP contribution < -0.4 is 10.0 Å². The standard InChI is InChI=1S/C18H18F2N2O4S/c19-13-6-7-17(16(20)10-13)22-27(24,25)15-5-1-3-12(9-15)18(23)21-11-14-4-2-8-26-14/h1,3,5-7,9-10,14,22H,2,4,8,11H2,(H,21,23). The Hall–Kier alpha value is -2.52. The molecule has 0 radical (unpaired) electrons. The lowest BCUT2D eigenvalue weighted by Gasteiger charge is -2.12. The van der Waals surface area contributed by atoms with Crippen molar-refractivity contribution in [3.05, 3.63) is 59.7 Å². The van der Waals surface area contributed by atoms with Gasteiger partial charge in [0, 0.05) is 24.8 Å². The van der Waals surface area contributed by atoms with Gasteiger partial charge in [-0.3, -0.25) is 9.52 Å². The fourth-order valence-electron chi connectivity index (χ4n) is 2.69. The molecule has 1 fully saturated rings. The lowest BCUT2D eigenvalue weighted by atomic mass is 10.2. The molecule has 27 heavy (non-hydrogen) atoms. The zero-order valence-electron chi connectivity index (χ0n) is 14.2. The molecule has 0 bridgehead atoms. The molecule has 9 heteroatoms. The maximum absolute atomic E-state index is 13.7. The van der Waals surface area contributed by atoms with Gasteiger partial charge >= 0.3 is 0 Å². The van der Waals surface area contributed by atoms with Crippen LogP contribution in [0.15, 0.2) is 47.4 Å². The minimum absolute atomic E-state index is 0.0380. The number of rotatable bonds is 6. The average molecular weight is 396 g/mol. The summed E-state index contributed by atoms with van der Waals surface area (Å²) in [4.78, 5) is 12.0. The number of carbonyl (C=O) groups excluding carboxylic acids is 1.